The fourth-order valence-electron chi connectivity index (χ4n) is 3.48. The Morgan fingerprint density at radius 3 is 2.76 bits per heavy atom. The van der Waals surface area contributed by atoms with Gasteiger partial charge in [-0.25, -0.2) is 4.98 Å². The Kier molecular flexibility index (Phi) is 5.68. The number of halogens is 1. The molecule has 0 bridgehead atoms. The maximum Gasteiger partial charge on any atom is 0.268 e. The van der Waals surface area contributed by atoms with Crippen LogP contribution in [-0.2, 0) is 11.3 Å². The minimum atomic E-state index is -0.388. The molecule has 5 aromatic rings. The molecule has 1 amide bonds. The summed E-state index contributed by atoms with van der Waals surface area (Å²) < 4.78 is 6.72. The number of nitrogens with one attached hydrogen (secondary N) is 1. The maximum absolute atomic E-state index is 13.2. The van der Waals surface area contributed by atoms with E-state index >= 15 is 0 Å². The van der Waals surface area contributed by atoms with Crippen LogP contribution < -0.4 is 10.9 Å². The van der Waals surface area contributed by atoms with Gasteiger partial charge in [0.15, 0.2) is 0 Å². The van der Waals surface area contributed by atoms with Crippen molar-refractivity contribution in [3.63, 3.8) is 0 Å². The summed E-state index contributed by atoms with van der Waals surface area (Å²) in [6, 6.07) is 8.88. The fraction of sp³-hybridized carbons (Fsp3) is 0.130. The molecule has 0 aliphatic rings. The predicted octanol–water partition coefficient (Wildman–Crippen LogP) is 4.48. The number of carbonyl (C=O) groups is 1. The molecule has 0 radical (unpaired) electrons. The highest BCUT2D eigenvalue weighted by Gasteiger charge is 2.21. The number of hydrogen-bond donors (Lipinski definition) is 1. The van der Waals surface area contributed by atoms with Gasteiger partial charge in [-0.15, -0.1) is 11.3 Å². The smallest absolute Gasteiger partial charge is 0.268 e. The summed E-state index contributed by atoms with van der Waals surface area (Å²) >= 11 is 7.47. The van der Waals surface area contributed by atoms with Crippen molar-refractivity contribution in [2.75, 3.05) is 5.32 Å². The first-order valence-corrected chi connectivity index (χ1v) is 11.4. The lowest BCUT2D eigenvalue weighted by Gasteiger charge is -2.09. The average molecular weight is 493 g/mol. The van der Waals surface area contributed by atoms with E-state index in [9.17, 15) is 9.59 Å². The number of pyridine rings is 1. The Labute approximate surface area is 202 Å². The quantitative estimate of drug-likeness (QED) is 0.384. The van der Waals surface area contributed by atoms with Gasteiger partial charge >= 0.3 is 0 Å². The molecule has 0 spiro atoms. The SMILES string of the molecule is Cc1ccc(NC(=O)Cn2cnc3sc(-c4nc(-c5ccncc5)no4)c(C)c3c2=O)c(Cl)c1. The lowest BCUT2D eigenvalue weighted by molar-refractivity contribution is -0.116. The van der Waals surface area contributed by atoms with E-state index in [1.165, 1.54) is 22.2 Å². The van der Waals surface area contributed by atoms with E-state index in [4.69, 9.17) is 16.1 Å². The second-order valence-corrected chi connectivity index (χ2v) is 9.01. The molecule has 0 saturated carbocycles. The van der Waals surface area contributed by atoms with Crippen molar-refractivity contribution >= 4 is 44.7 Å². The molecule has 0 atom stereocenters. The number of rotatable bonds is 5. The van der Waals surface area contributed by atoms with Crippen LogP contribution >= 0.6 is 22.9 Å². The number of benzene rings is 1. The first-order valence-electron chi connectivity index (χ1n) is 10.2. The summed E-state index contributed by atoms with van der Waals surface area (Å²) in [5, 5.41) is 7.60. The molecule has 34 heavy (non-hydrogen) atoms. The van der Waals surface area contributed by atoms with E-state index in [-0.39, 0.29) is 18.0 Å². The fourth-order valence-corrected chi connectivity index (χ4v) is 4.82. The summed E-state index contributed by atoms with van der Waals surface area (Å²) in [5.74, 6) is 0.331. The van der Waals surface area contributed by atoms with Gasteiger partial charge in [0, 0.05) is 18.0 Å². The molecule has 0 unspecified atom stereocenters. The molecule has 0 aliphatic carbocycles. The molecular weight excluding hydrogens is 476 g/mol. The summed E-state index contributed by atoms with van der Waals surface area (Å²) in [5.41, 5.74) is 2.56. The number of hydrogen-bond acceptors (Lipinski definition) is 8. The number of carbonyl (C=O) groups excluding carboxylic acids is 1. The Bertz CT molecular complexity index is 1590. The number of nitrogens with zero attached hydrogens (tertiary/aromatic N) is 5. The number of thiophene rings is 1. The third-order valence-electron chi connectivity index (χ3n) is 5.19. The lowest BCUT2D eigenvalue weighted by Crippen LogP contribution is -2.28. The summed E-state index contributed by atoms with van der Waals surface area (Å²) in [7, 11) is 0. The highest BCUT2D eigenvalue weighted by Crippen LogP contribution is 2.35. The Balaban J connectivity index is 1.44. The first-order chi connectivity index (χ1) is 16.4. The van der Waals surface area contributed by atoms with E-state index in [1.54, 1.807) is 43.6 Å². The number of aromatic nitrogens is 5. The van der Waals surface area contributed by atoms with Gasteiger partial charge in [0.1, 0.15) is 11.4 Å². The van der Waals surface area contributed by atoms with Gasteiger partial charge in [-0.2, -0.15) is 4.98 Å². The lowest BCUT2D eigenvalue weighted by atomic mass is 10.2. The second-order valence-electron chi connectivity index (χ2n) is 7.60. The Hall–Kier alpha value is -3.89. The molecular formula is C23H17ClN6O3S. The maximum atomic E-state index is 13.2. The Morgan fingerprint density at radius 1 is 1.21 bits per heavy atom. The molecule has 0 saturated heterocycles. The van der Waals surface area contributed by atoms with Crippen LogP contribution in [0.5, 0.6) is 0 Å². The number of anilines is 1. The van der Waals surface area contributed by atoms with Crippen LogP contribution in [0.3, 0.4) is 0 Å². The topological polar surface area (TPSA) is 116 Å². The van der Waals surface area contributed by atoms with Crippen molar-refractivity contribution in [1.82, 2.24) is 24.7 Å². The average Bonchev–Trinajstić information content (AvgIpc) is 3.43. The number of fused-ring (bicyclic) bond motifs is 1. The van der Waals surface area contributed by atoms with Gasteiger partial charge in [0.05, 0.1) is 27.3 Å². The van der Waals surface area contributed by atoms with E-state index < -0.39 is 0 Å². The number of aryl methyl sites for hydroxylation is 2. The van der Waals surface area contributed by atoms with Gasteiger partial charge in [-0.3, -0.25) is 19.1 Å². The molecule has 4 heterocycles. The minimum absolute atomic E-state index is 0.205. The predicted molar refractivity (Wildman–Crippen MR) is 130 cm³/mol. The zero-order valence-corrected chi connectivity index (χ0v) is 19.6. The van der Waals surface area contributed by atoms with Crippen molar-refractivity contribution in [2.45, 2.75) is 20.4 Å². The molecule has 1 aromatic carbocycles. The highest BCUT2D eigenvalue weighted by atomic mass is 35.5. The first kappa shape index (κ1) is 21.9. The van der Waals surface area contributed by atoms with Crippen LogP contribution in [0, 0.1) is 13.8 Å². The van der Waals surface area contributed by atoms with E-state index in [0.717, 1.165) is 11.1 Å². The van der Waals surface area contributed by atoms with Crippen LogP contribution in [0.4, 0.5) is 5.69 Å². The molecule has 0 aliphatic heterocycles. The molecule has 0 fully saturated rings. The van der Waals surface area contributed by atoms with Crippen molar-refractivity contribution < 1.29 is 9.32 Å². The Morgan fingerprint density at radius 2 is 2.00 bits per heavy atom. The van der Waals surface area contributed by atoms with E-state index in [0.29, 0.717) is 43.1 Å². The third kappa shape index (κ3) is 4.09. The largest absolute Gasteiger partial charge is 0.333 e. The molecule has 4 aromatic heterocycles. The molecule has 9 nitrogen and oxygen atoms in total. The van der Waals surface area contributed by atoms with Crippen molar-refractivity contribution in [3.05, 3.63) is 75.6 Å². The summed E-state index contributed by atoms with van der Waals surface area (Å²) in [6.45, 7) is 3.50. The van der Waals surface area contributed by atoms with Gasteiger partial charge in [0.2, 0.25) is 11.7 Å². The summed E-state index contributed by atoms with van der Waals surface area (Å²) in [4.78, 5) is 39.7. The van der Waals surface area contributed by atoms with Crippen molar-refractivity contribution in [1.29, 1.82) is 0 Å². The normalized spacial score (nSPS) is 11.1. The van der Waals surface area contributed by atoms with Crippen LogP contribution in [0.2, 0.25) is 5.02 Å². The number of amides is 1. The van der Waals surface area contributed by atoms with Crippen molar-refractivity contribution in [2.24, 2.45) is 0 Å². The zero-order valence-electron chi connectivity index (χ0n) is 18.1. The molecule has 170 valence electrons. The molecule has 1 N–H and O–H groups in total. The van der Waals surface area contributed by atoms with Gasteiger partial charge in [-0.05, 0) is 49.2 Å². The van der Waals surface area contributed by atoms with E-state index in [1.807, 2.05) is 13.0 Å². The molecule has 11 heteroatoms. The summed E-state index contributed by atoms with van der Waals surface area (Å²) in [6.07, 6.45) is 4.65. The highest BCUT2D eigenvalue weighted by molar-refractivity contribution is 7.22. The van der Waals surface area contributed by atoms with Crippen LogP contribution in [0.15, 0.2) is 58.4 Å². The zero-order chi connectivity index (χ0) is 23.8. The third-order valence-corrected chi connectivity index (χ3v) is 6.69. The van der Waals surface area contributed by atoms with Gasteiger partial charge in [0.25, 0.3) is 11.4 Å². The van der Waals surface area contributed by atoms with Crippen LogP contribution in [0.25, 0.3) is 32.4 Å². The standard InChI is InChI=1S/C23H17ClN6O3S/c1-12-3-4-16(15(24)9-12)27-17(31)10-30-11-26-22-18(23(30)32)13(2)19(34-22)21-28-20(29-33-21)14-5-7-25-8-6-14/h3-9,11H,10H2,1-2H3,(H,27,31). The van der Waals surface area contributed by atoms with Crippen LogP contribution in [0.1, 0.15) is 11.1 Å². The van der Waals surface area contributed by atoms with Gasteiger partial charge in [-0.1, -0.05) is 22.8 Å². The van der Waals surface area contributed by atoms with Crippen LogP contribution in [-0.4, -0.2) is 30.6 Å². The minimum Gasteiger partial charge on any atom is -0.333 e. The van der Waals surface area contributed by atoms with E-state index in [2.05, 4.69) is 25.4 Å². The molecule has 5 rings (SSSR count). The van der Waals surface area contributed by atoms with Crippen molar-refractivity contribution in [3.8, 4) is 22.2 Å². The van der Waals surface area contributed by atoms with Gasteiger partial charge < -0.3 is 9.84 Å². The monoisotopic (exact) mass is 492 g/mol. The second kappa shape index (κ2) is 8.81.